The molecule has 0 bridgehead atoms. The maximum absolute atomic E-state index is 2.55. The van der Waals surface area contributed by atoms with E-state index in [9.17, 15) is 0 Å². The van der Waals surface area contributed by atoms with E-state index in [2.05, 4.69) is 72.7 Å². The van der Waals surface area contributed by atoms with Crippen molar-refractivity contribution in [3.05, 3.63) is 35.4 Å². The summed E-state index contributed by atoms with van der Waals surface area (Å²) in [4.78, 5) is 0. The Labute approximate surface area is 289 Å². The van der Waals surface area contributed by atoms with Crippen LogP contribution in [-0.4, -0.2) is 30.8 Å². The second-order valence-electron chi connectivity index (χ2n) is 14.6. The molecule has 2 heteroatoms. The summed E-state index contributed by atoms with van der Waals surface area (Å²) in [7, 11) is -1.10. The van der Waals surface area contributed by atoms with Crippen molar-refractivity contribution in [2.45, 2.75) is 208 Å². The fourth-order valence-corrected chi connectivity index (χ4v) is 14.9. The van der Waals surface area contributed by atoms with Gasteiger partial charge in [0, 0.05) is 15.2 Å². The van der Waals surface area contributed by atoms with Crippen LogP contribution in [0.15, 0.2) is 24.3 Å². The molecule has 0 amide bonds. The molecule has 0 atom stereocenters. The lowest BCUT2D eigenvalue weighted by Crippen LogP contribution is -2.11. The van der Waals surface area contributed by atoms with Crippen LogP contribution in [0.5, 0.6) is 0 Å². The second kappa shape index (κ2) is 34.0. The van der Waals surface area contributed by atoms with E-state index in [-0.39, 0.29) is 7.92 Å². The van der Waals surface area contributed by atoms with Crippen LogP contribution < -0.4 is 0 Å². The molecule has 0 saturated heterocycles. The van der Waals surface area contributed by atoms with Gasteiger partial charge in [0.05, 0.1) is 43.1 Å². The van der Waals surface area contributed by atoms with Crippen LogP contribution in [-0.2, 0) is 12.3 Å². The van der Waals surface area contributed by atoms with Gasteiger partial charge in [-0.25, -0.2) is 0 Å². The molecule has 0 aliphatic rings. The van der Waals surface area contributed by atoms with Gasteiger partial charge >= 0.3 is 0 Å². The minimum Gasteiger partial charge on any atom is -0.0654 e. The SMILES string of the molecule is CCCCCCCC.CCCCCCCC[PH+](CCCCCCCC)Cc1ccc(C[P+](CCC)(CCCC)CCCC)cc1. The summed E-state index contributed by atoms with van der Waals surface area (Å²) < 4.78 is 0. The van der Waals surface area contributed by atoms with E-state index in [4.69, 9.17) is 0 Å². The van der Waals surface area contributed by atoms with Gasteiger partial charge in [-0.3, -0.25) is 0 Å². The van der Waals surface area contributed by atoms with E-state index in [1.165, 1.54) is 178 Å². The zero-order chi connectivity index (χ0) is 33.3. The monoisotopic (exact) mass is 665 g/mol. The standard InChI is InChI=1S/C35H67P2.C8H18/c1-6-11-15-17-19-21-27-36(28-22-20-18-16-12-7-2)32-34-23-25-35(26-24-34)33-37(29-10-5,30-13-8-3)31-14-9-4;1-3-5-7-8-6-4-2/h23-26H,6-22,27-33H2,1-5H3;3-8H2,1-2H3/q+1;/p+1. The molecular weight excluding hydrogens is 578 g/mol. The molecule has 0 aliphatic heterocycles. The number of hydrogen-bond donors (Lipinski definition) is 0. The summed E-state index contributed by atoms with van der Waals surface area (Å²) in [5, 5.41) is 0. The van der Waals surface area contributed by atoms with Gasteiger partial charge in [-0.1, -0.05) is 175 Å². The smallest absolute Gasteiger partial charge is 0.0654 e. The van der Waals surface area contributed by atoms with Crippen LogP contribution in [0, 0.1) is 0 Å². The van der Waals surface area contributed by atoms with Crippen molar-refractivity contribution in [3.8, 4) is 0 Å². The average Bonchev–Trinajstić information content (AvgIpc) is 3.05. The van der Waals surface area contributed by atoms with Gasteiger partial charge in [-0.15, -0.1) is 0 Å². The Morgan fingerprint density at radius 3 is 1.11 bits per heavy atom. The third-order valence-electron chi connectivity index (χ3n) is 9.89. The maximum atomic E-state index is 2.55. The van der Waals surface area contributed by atoms with Crippen molar-refractivity contribution in [1.82, 2.24) is 0 Å². The molecule has 266 valence electrons. The molecular formula is C43H86P2+2. The first-order valence-corrected chi connectivity index (χ1v) is 25.5. The highest BCUT2D eigenvalue weighted by molar-refractivity contribution is 7.75. The molecule has 0 N–H and O–H groups in total. The van der Waals surface area contributed by atoms with Crippen LogP contribution in [0.3, 0.4) is 0 Å². The van der Waals surface area contributed by atoms with Crippen LogP contribution in [0.1, 0.15) is 207 Å². The number of rotatable bonds is 31. The fourth-order valence-electron chi connectivity index (χ4n) is 6.94. The topological polar surface area (TPSA) is 0 Å². The van der Waals surface area contributed by atoms with E-state index in [1.54, 1.807) is 23.5 Å². The zero-order valence-corrected chi connectivity index (χ0v) is 34.4. The second-order valence-corrected chi connectivity index (χ2v) is 21.8. The third-order valence-corrected chi connectivity index (χ3v) is 17.9. The Kier molecular flexibility index (Phi) is 34.0. The Bertz CT molecular complexity index is 666. The quantitative estimate of drug-likeness (QED) is 0.0547. The lowest BCUT2D eigenvalue weighted by atomic mass is 10.1. The molecule has 1 aromatic rings. The van der Waals surface area contributed by atoms with Gasteiger partial charge in [0.15, 0.2) is 0 Å². The van der Waals surface area contributed by atoms with E-state index < -0.39 is 7.26 Å². The largest absolute Gasteiger partial charge is 0.0842 e. The number of unbranched alkanes of at least 4 members (excludes halogenated alkanes) is 17. The van der Waals surface area contributed by atoms with Crippen molar-refractivity contribution in [3.63, 3.8) is 0 Å². The molecule has 0 heterocycles. The first-order valence-electron chi connectivity index (χ1n) is 20.8. The predicted octanol–water partition coefficient (Wildman–Crippen LogP) is 16.0. The first kappa shape index (κ1) is 45.1. The molecule has 0 aliphatic carbocycles. The van der Waals surface area contributed by atoms with Crippen molar-refractivity contribution in [1.29, 1.82) is 0 Å². The fraction of sp³-hybridized carbons (Fsp3) is 0.860. The third kappa shape index (κ3) is 26.7. The van der Waals surface area contributed by atoms with Crippen LogP contribution >= 0.6 is 15.2 Å². The lowest BCUT2D eigenvalue weighted by molar-refractivity contribution is 0.621. The number of hydrogen-bond acceptors (Lipinski definition) is 0. The molecule has 0 nitrogen and oxygen atoms in total. The molecule has 0 aromatic heterocycles. The highest BCUT2D eigenvalue weighted by Gasteiger charge is 2.35. The summed E-state index contributed by atoms with van der Waals surface area (Å²) in [6, 6.07) is 10.2. The highest BCUT2D eigenvalue weighted by atomic mass is 31.2. The van der Waals surface area contributed by atoms with Crippen LogP contribution in [0.25, 0.3) is 0 Å². The van der Waals surface area contributed by atoms with E-state index in [1.807, 2.05) is 0 Å². The van der Waals surface area contributed by atoms with Crippen molar-refractivity contribution in [2.75, 3.05) is 30.8 Å². The minimum atomic E-state index is -0.841. The first-order chi connectivity index (χ1) is 22.0. The van der Waals surface area contributed by atoms with Crippen molar-refractivity contribution in [2.24, 2.45) is 0 Å². The molecule has 0 radical (unpaired) electrons. The summed E-state index contributed by atoms with van der Waals surface area (Å²) in [6.07, 6.45) is 43.3. The lowest BCUT2D eigenvalue weighted by Gasteiger charge is -2.28. The van der Waals surface area contributed by atoms with Gasteiger partial charge in [0.2, 0.25) is 0 Å². The molecule has 0 saturated carbocycles. The van der Waals surface area contributed by atoms with Crippen LogP contribution in [0.4, 0.5) is 0 Å². The van der Waals surface area contributed by atoms with Crippen LogP contribution in [0.2, 0.25) is 0 Å². The van der Waals surface area contributed by atoms with Gasteiger partial charge in [0.25, 0.3) is 0 Å². The molecule has 1 rings (SSSR count). The van der Waals surface area contributed by atoms with E-state index >= 15 is 0 Å². The Balaban J connectivity index is 0.00000212. The average molecular weight is 665 g/mol. The normalized spacial score (nSPS) is 11.6. The van der Waals surface area contributed by atoms with Crippen molar-refractivity contribution < 1.29 is 0 Å². The molecule has 0 unspecified atom stereocenters. The molecule has 45 heavy (non-hydrogen) atoms. The Morgan fingerprint density at radius 1 is 0.378 bits per heavy atom. The molecule has 1 aromatic carbocycles. The van der Waals surface area contributed by atoms with Gasteiger partial charge in [-0.2, -0.15) is 0 Å². The van der Waals surface area contributed by atoms with Gasteiger partial charge in [-0.05, 0) is 56.1 Å². The molecule has 0 spiro atoms. The van der Waals surface area contributed by atoms with Gasteiger partial charge < -0.3 is 0 Å². The van der Waals surface area contributed by atoms with Crippen molar-refractivity contribution >= 4 is 15.2 Å². The predicted molar refractivity (Wildman–Crippen MR) is 219 cm³/mol. The minimum absolute atomic E-state index is 0.254. The Hall–Kier alpha value is 0.0800. The molecule has 0 fully saturated rings. The summed E-state index contributed by atoms with van der Waals surface area (Å²) in [5.74, 6) is 0. The van der Waals surface area contributed by atoms with E-state index in [0.717, 1.165) is 0 Å². The Morgan fingerprint density at radius 2 is 0.733 bits per heavy atom. The summed E-state index contributed by atoms with van der Waals surface area (Å²) >= 11 is 0. The summed E-state index contributed by atoms with van der Waals surface area (Å²) in [5.41, 5.74) is 3.30. The number of benzene rings is 1. The maximum Gasteiger partial charge on any atom is 0.0842 e. The van der Waals surface area contributed by atoms with E-state index in [0.29, 0.717) is 0 Å². The highest BCUT2D eigenvalue weighted by Crippen LogP contribution is 2.63. The zero-order valence-electron chi connectivity index (χ0n) is 32.5. The summed E-state index contributed by atoms with van der Waals surface area (Å²) in [6.45, 7) is 16.4. The van der Waals surface area contributed by atoms with Gasteiger partial charge in [0.1, 0.15) is 0 Å².